The SMILES string of the molecule is CC(CNC(C)(C)C)OCCCc1ccncc1. The van der Waals surface area contributed by atoms with Crippen LogP contribution in [0.4, 0.5) is 0 Å². The van der Waals surface area contributed by atoms with E-state index >= 15 is 0 Å². The quantitative estimate of drug-likeness (QED) is 0.756. The van der Waals surface area contributed by atoms with E-state index in [1.165, 1.54) is 5.56 Å². The third-order valence-corrected chi connectivity index (χ3v) is 2.68. The van der Waals surface area contributed by atoms with Crippen molar-refractivity contribution >= 4 is 0 Å². The van der Waals surface area contributed by atoms with Gasteiger partial charge in [-0.15, -0.1) is 0 Å². The molecule has 3 nitrogen and oxygen atoms in total. The highest BCUT2D eigenvalue weighted by Gasteiger charge is 2.10. The third-order valence-electron chi connectivity index (χ3n) is 2.68. The molecular formula is C15H26N2O. The normalized spacial score (nSPS) is 13.6. The molecule has 1 atom stereocenters. The van der Waals surface area contributed by atoms with Gasteiger partial charge in [-0.1, -0.05) is 0 Å². The molecule has 18 heavy (non-hydrogen) atoms. The van der Waals surface area contributed by atoms with Crippen molar-refractivity contribution in [2.45, 2.75) is 52.2 Å². The van der Waals surface area contributed by atoms with Gasteiger partial charge in [0.1, 0.15) is 0 Å². The van der Waals surface area contributed by atoms with E-state index in [2.05, 4.69) is 50.1 Å². The predicted octanol–water partition coefficient (Wildman–Crippen LogP) is 2.81. The monoisotopic (exact) mass is 250 g/mol. The molecule has 0 aliphatic heterocycles. The third kappa shape index (κ3) is 7.41. The van der Waals surface area contributed by atoms with E-state index in [1.807, 2.05) is 12.4 Å². The molecule has 0 aliphatic carbocycles. The van der Waals surface area contributed by atoms with Gasteiger partial charge in [0.2, 0.25) is 0 Å². The summed E-state index contributed by atoms with van der Waals surface area (Å²) >= 11 is 0. The molecule has 0 saturated heterocycles. The molecule has 1 aromatic heterocycles. The molecule has 1 aromatic rings. The second kappa shape index (κ2) is 7.49. The van der Waals surface area contributed by atoms with Crippen molar-refractivity contribution in [2.75, 3.05) is 13.2 Å². The van der Waals surface area contributed by atoms with Gasteiger partial charge in [-0.05, 0) is 58.2 Å². The Morgan fingerprint density at radius 2 is 1.94 bits per heavy atom. The zero-order chi connectivity index (χ0) is 13.4. The van der Waals surface area contributed by atoms with Gasteiger partial charge in [0.05, 0.1) is 6.10 Å². The molecule has 1 rings (SSSR count). The number of rotatable bonds is 7. The van der Waals surface area contributed by atoms with E-state index in [4.69, 9.17) is 4.74 Å². The molecule has 0 bridgehead atoms. The fourth-order valence-electron chi connectivity index (χ4n) is 1.62. The first kappa shape index (κ1) is 15.1. The summed E-state index contributed by atoms with van der Waals surface area (Å²) in [5.74, 6) is 0. The summed E-state index contributed by atoms with van der Waals surface area (Å²) < 4.78 is 5.78. The van der Waals surface area contributed by atoms with Crippen LogP contribution < -0.4 is 5.32 Å². The van der Waals surface area contributed by atoms with Crippen LogP contribution >= 0.6 is 0 Å². The van der Waals surface area contributed by atoms with Crippen LogP contribution in [0.3, 0.4) is 0 Å². The average Bonchev–Trinajstić information content (AvgIpc) is 2.33. The average molecular weight is 250 g/mol. The van der Waals surface area contributed by atoms with Crippen LogP contribution in [0.2, 0.25) is 0 Å². The number of ether oxygens (including phenoxy) is 1. The number of aryl methyl sites for hydroxylation is 1. The van der Waals surface area contributed by atoms with Crippen LogP contribution in [0, 0.1) is 0 Å². The van der Waals surface area contributed by atoms with E-state index in [9.17, 15) is 0 Å². The highest BCUT2D eigenvalue weighted by Crippen LogP contribution is 2.03. The van der Waals surface area contributed by atoms with Gasteiger partial charge < -0.3 is 10.1 Å². The van der Waals surface area contributed by atoms with E-state index < -0.39 is 0 Å². The molecular weight excluding hydrogens is 224 g/mol. The number of nitrogens with one attached hydrogen (secondary N) is 1. The summed E-state index contributed by atoms with van der Waals surface area (Å²) in [6.45, 7) is 10.3. The minimum absolute atomic E-state index is 0.161. The smallest absolute Gasteiger partial charge is 0.0671 e. The van der Waals surface area contributed by atoms with Gasteiger partial charge in [0.15, 0.2) is 0 Å². The van der Waals surface area contributed by atoms with Crippen molar-refractivity contribution in [1.29, 1.82) is 0 Å². The lowest BCUT2D eigenvalue weighted by Gasteiger charge is -2.23. The number of nitrogens with zero attached hydrogens (tertiary/aromatic N) is 1. The van der Waals surface area contributed by atoms with Gasteiger partial charge in [-0.25, -0.2) is 0 Å². The lowest BCUT2D eigenvalue weighted by Crippen LogP contribution is -2.40. The molecule has 3 heteroatoms. The van der Waals surface area contributed by atoms with E-state index in [1.54, 1.807) is 0 Å². The molecule has 102 valence electrons. The zero-order valence-electron chi connectivity index (χ0n) is 12.1. The first-order valence-electron chi connectivity index (χ1n) is 6.73. The van der Waals surface area contributed by atoms with Gasteiger partial charge in [-0.2, -0.15) is 0 Å². The molecule has 0 aromatic carbocycles. The molecule has 1 heterocycles. The number of hydrogen-bond donors (Lipinski definition) is 1. The summed E-state index contributed by atoms with van der Waals surface area (Å²) in [5.41, 5.74) is 1.49. The Labute approximate surface area is 111 Å². The molecule has 0 saturated carbocycles. The second-order valence-electron chi connectivity index (χ2n) is 5.77. The van der Waals surface area contributed by atoms with Gasteiger partial charge in [0.25, 0.3) is 0 Å². The van der Waals surface area contributed by atoms with Crippen molar-refractivity contribution in [2.24, 2.45) is 0 Å². The number of hydrogen-bond acceptors (Lipinski definition) is 3. The standard InChI is InChI=1S/C15H26N2O/c1-13(12-17-15(2,3)4)18-11-5-6-14-7-9-16-10-8-14/h7-10,13,17H,5-6,11-12H2,1-4H3. The van der Waals surface area contributed by atoms with Gasteiger partial charge in [0, 0.05) is 31.1 Å². The molecule has 0 spiro atoms. The van der Waals surface area contributed by atoms with Crippen LogP contribution in [-0.2, 0) is 11.2 Å². The largest absolute Gasteiger partial charge is 0.377 e. The lowest BCUT2D eigenvalue weighted by molar-refractivity contribution is 0.0601. The van der Waals surface area contributed by atoms with Crippen LogP contribution in [0.25, 0.3) is 0 Å². The predicted molar refractivity (Wildman–Crippen MR) is 75.7 cm³/mol. The summed E-state index contributed by atoms with van der Waals surface area (Å²) in [6.07, 6.45) is 6.06. The first-order chi connectivity index (χ1) is 8.47. The van der Waals surface area contributed by atoms with Crippen molar-refractivity contribution < 1.29 is 4.74 Å². The van der Waals surface area contributed by atoms with Crippen LogP contribution in [0.15, 0.2) is 24.5 Å². The topological polar surface area (TPSA) is 34.1 Å². The second-order valence-corrected chi connectivity index (χ2v) is 5.77. The van der Waals surface area contributed by atoms with Gasteiger partial charge in [-0.3, -0.25) is 4.98 Å². The van der Waals surface area contributed by atoms with Crippen molar-refractivity contribution in [3.63, 3.8) is 0 Å². The van der Waals surface area contributed by atoms with E-state index in [-0.39, 0.29) is 11.6 Å². The summed E-state index contributed by atoms with van der Waals surface area (Å²) in [7, 11) is 0. The highest BCUT2D eigenvalue weighted by atomic mass is 16.5. The first-order valence-corrected chi connectivity index (χ1v) is 6.73. The van der Waals surface area contributed by atoms with Crippen LogP contribution in [0.1, 0.15) is 39.7 Å². The Morgan fingerprint density at radius 3 is 2.56 bits per heavy atom. The van der Waals surface area contributed by atoms with E-state index in [0.29, 0.717) is 0 Å². The minimum Gasteiger partial charge on any atom is -0.377 e. The molecule has 0 fully saturated rings. The number of aromatic nitrogens is 1. The molecule has 0 radical (unpaired) electrons. The Hall–Kier alpha value is -0.930. The Kier molecular flexibility index (Phi) is 6.30. The maximum absolute atomic E-state index is 5.78. The molecule has 1 N–H and O–H groups in total. The summed E-state index contributed by atoms with van der Waals surface area (Å²) in [5, 5.41) is 3.45. The van der Waals surface area contributed by atoms with Crippen LogP contribution in [0.5, 0.6) is 0 Å². The van der Waals surface area contributed by atoms with Crippen molar-refractivity contribution in [3.8, 4) is 0 Å². The summed E-state index contributed by atoms with van der Waals surface area (Å²) in [6, 6.07) is 4.12. The van der Waals surface area contributed by atoms with Crippen LogP contribution in [-0.4, -0.2) is 29.8 Å². The van der Waals surface area contributed by atoms with Gasteiger partial charge >= 0.3 is 0 Å². The lowest BCUT2D eigenvalue weighted by atomic mass is 10.1. The zero-order valence-corrected chi connectivity index (χ0v) is 12.1. The maximum Gasteiger partial charge on any atom is 0.0671 e. The van der Waals surface area contributed by atoms with Crippen molar-refractivity contribution in [3.05, 3.63) is 30.1 Å². The molecule has 0 aliphatic rings. The Morgan fingerprint density at radius 1 is 1.28 bits per heavy atom. The fraction of sp³-hybridized carbons (Fsp3) is 0.667. The maximum atomic E-state index is 5.78. The van der Waals surface area contributed by atoms with E-state index in [0.717, 1.165) is 26.0 Å². The summed E-state index contributed by atoms with van der Waals surface area (Å²) in [4.78, 5) is 4.01. The highest BCUT2D eigenvalue weighted by molar-refractivity contribution is 5.09. The molecule has 1 unspecified atom stereocenters. The fourth-order valence-corrected chi connectivity index (χ4v) is 1.62. The Balaban J connectivity index is 2.07. The minimum atomic E-state index is 0.161. The molecule has 0 amide bonds. The van der Waals surface area contributed by atoms with Crippen molar-refractivity contribution in [1.82, 2.24) is 10.3 Å². The Bertz CT molecular complexity index is 319. The number of pyridine rings is 1.